The molecule has 0 bridgehead atoms. The number of sulfonamides is 1. The molecule has 0 aliphatic heterocycles. The van der Waals surface area contributed by atoms with Gasteiger partial charge in [0.2, 0.25) is 10.0 Å². The number of carbonyl (C=O) groups is 1. The van der Waals surface area contributed by atoms with Gasteiger partial charge in [-0.3, -0.25) is 4.79 Å². The number of nitrogens with one attached hydrogen (secondary N) is 2. The van der Waals surface area contributed by atoms with E-state index in [4.69, 9.17) is 0 Å². The quantitative estimate of drug-likeness (QED) is 0.835. The SMILES string of the molecule is Cc1ccc(F)cc1NC(=O)c1ccc(CCNS(C)(=O)=O)s1. The molecule has 0 fully saturated rings. The number of hydrogen-bond acceptors (Lipinski definition) is 4. The molecule has 0 aliphatic rings. The van der Waals surface area contributed by atoms with Crippen LogP contribution in [-0.4, -0.2) is 27.1 Å². The van der Waals surface area contributed by atoms with E-state index in [1.807, 2.05) is 0 Å². The lowest BCUT2D eigenvalue weighted by atomic mass is 10.2. The van der Waals surface area contributed by atoms with E-state index in [1.54, 1.807) is 25.1 Å². The molecule has 1 amide bonds. The minimum absolute atomic E-state index is 0.281. The average molecular weight is 356 g/mol. The molecule has 23 heavy (non-hydrogen) atoms. The second kappa shape index (κ2) is 7.20. The maximum absolute atomic E-state index is 13.2. The summed E-state index contributed by atoms with van der Waals surface area (Å²) >= 11 is 1.28. The second-order valence-corrected chi connectivity index (χ2v) is 8.10. The Kier molecular flexibility index (Phi) is 5.51. The number of halogens is 1. The van der Waals surface area contributed by atoms with Gasteiger partial charge in [-0.25, -0.2) is 17.5 Å². The highest BCUT2D eigenvalue weighted by Gasteiger charge is 2.11. The van der Waals surface area contributed by atoms with Gasteiger partial charge in [-0.05, 0) is 43.2 Å². The maximum atomic E-state index is 13.2. The van der Waals surface area contributed by atoms with Crippen molar-refractivity contribution in [3.05, 3.63) is 51.5 Å². The number of aryl methyl sites for hydroxylation is 1. The lowest BCUT2D eigenvalue weighted by Gasteiger charge is -2.07. The Labute approximate surface area is 138 Å². The van der Waals surface area contributed by atoms with Gasteiger partial charge in [0, 0.05) is 17.1 Å². The summed E-state index contributed by atoms with van der Waals surface area (Å²) in [5, 5.41) is 2.68. The molecule has 1 aromatic heterocycles. The molecular formula is C15H17FN2O3S2. The first kappa shape index (κ1) is 17.6. The molecule has 0 radical (unpaired) electrons. The fourth-order valence-corrected chi connectivity index (χ4v) is 3.28. The zero-order valence-corrected chi connectivity index (χ0v) is 14.4. The van der Waals surface area contributed by atoms with Crippen molar-refractivity contribution in [1.29, 1.82) is 0 Å². The van der Waals surface area contributed by atoms with Crippen molar-refractivity contribution < 1.29 is 17.6 Å². The Morgan fingerprint density at radius 1 is 1.26 bits per heavy atom. The summed E-state index contributed by atoms with van der Waals surface area (Å²) in [6.07, 6.45) is 1.60. The third-order valence-electron chi connectivity index (χ3n) is 3.07. The van der Waals surface area contributed by atoms with Gasteiger partial charge < -0.3 is 5.32 Å². The summed E-state index contributed by atoms with van der Waals surface area (Å²) in [6, 6.07) is 7.66. The Hall–Kier alpha value is -1.77. The second-order valence-electron chi connectivity index (χ2n) is 5.10. The van der Waals surface area contributed by atoms with Crippen LogP contribution in [0.4, 0.5) is 10.1 Å². The zero-order valence-electron chi connectivity index (χ0n) is 12.7. The summed E-state index contributed by atoms with van der Waals surface area (Å²) < 4.78 is 37.6. The predicted octanol–water partition coefficient (Wildman–Crippen LogP) is 2.54. The highest BCUT2D eigenvalue weighted by molar-refractivity contribution is 7.88. The van der Waals surface area contributed by atoms with Crippen molar-refractivity contribution in [2.24, 2.45) is 0 Å². The number of benzene rings is 1. The molecule has 0 unspecified atom stereocenters. The molecule has 0 atom stereocenters. The summed E-state index contributed by atoms with van der Waals surface area (Å²) in [4.78, 5) is 13.6. The van der Waals surface area contributed by atoms with E-state index in [0.717, 1.165) is 16.7 Å². The lowest BCUT2D eigenvalue weighted by Crippen LogP contribution is -2.24. The minimum atomic E-state index is -3.21. The Bertz CT molecular complexity index is 816. The molecule has 8 heteroatoms. The summed E-state index contributed by atoms with van der Waals surface area (Å²) in [6.45, 7) is 2.06. The standard InChI is InChI=1S/C15H17FN2O3S2/c1-10-3-4-11(16)9-13(10)18-15(19)14-6-5-12(22-14)7-8-17-23(2,20)21/h3-6,9,17H,7-8H2,1-2H3,(H,18,19). The monoisotopic (exact) mass is 356 g/mol. The van der Waals surface area contributed by atoms with E-state index < -0.39 is 15.8 Å². The Balaban J connectivity index is 1.99. The molecule has 1 aromatic carbocycles. The van der Waals surface area contributed by atoms with Crippen LogP contribution in [-0.2, 0) is 16.4 Å². The summed E-state index contributed by atoms with van der Waals surface area (Å²) in [5.74, 6) is -0.726. The minimum Gasteiger partial charge on any atom is -0.321 e. The van der Waals surface area contributed by atoms with Gasteiger partial charge in [-0.2, -0.15) is 0 Å². The highest BCUT2D eigenvalue weighted by atomic mass is 32.2. The van der Waals surface area contributed by atoms with Crippen molar-refractivity contribution in [2.75, 3.05) is 18.1 Å². The van der Waals surface area contributed by atoms with Gasteiger partial charge in [0.1, 0.15) is 5.82 Å². The van der Waals surface area contributed by atoms with Crippen LogP contribution in [0.3, 0.4) is 0 Å². The molecule has 2 N–H and O–H groups in total. The van der Waals surface area contributed by atoms with Crippen LogP contribution in [0.5, 0.6) is 0 Å². The van der Waals surface area contributed by atoms with E-state index in [-0.39, 0.29) is 12.5 Å². The van der Waals surface area contributed by atoms with Crippen LogP contribution < -0.4 is 10.0 Å². The third kappa shape index (κ3) is 5.42. The first-order valence-electron chi connectivity index (χ1n) is 6.85. The molecule has 5 nitrogen and oxygen atoms in total. The first-order valence-corrected chi connectivity index (χ1v) is 9.56. The topological polar surface area (TPSA) is 75.3 Å². The molecule has 0 saturated carbocycles. The lowest BCUT2D eigenvalue weighted by molar-refractivity contribution is 0.103. The van der Waals surface area contributed by atoms with Crippen LogP contribution in [0.2, 0.25) is 0 Å². The number of amides is 1. The number of rotatable bonds is 6. The Morgan fingerprint density at radius 2 is 2.00 bits per heavy atom. The fraction of sp³-hybridized carbons (Fsp3) is 0.267. The van der Waals surface area contributed by atoms with Gasteiger partial charge in [-0.15, -0.1) is 11.3 Å². The summed E-state index contributed by atoms with van der Waals surface area (Å²) in [5.41, 5.74) is 1.21. The molecule has 0 aliphatic carbocycles. The van der Waals surface area contributed by atoms with Gasteiger partial charge in [-0.1, -0.05) is 6.07 Å². The van der Waals surface area contributed by atoms with E-state index in [2.05, 4.69) is 10.0 Å². The maximum Gasteiger partial charge on any atom is 0.265 e. The fourth-order valence-electron chi connectivity index (χ4n) is 1.91. The van der Waals surface area contributed by atoms with Crippen molar-refractivity contribution >= 4 is 33.0 Å². The highest BCUT2D eigenvalue weighted by Crippen LogP contribution is 2.21. The van der Waals surface area contributed by atoms with Gasteiger partial charge in [0.25, 0.3) is 5.91 Å². The first-order chi connectivity index (χ1) is 10.7. The third-order valence-corrected chi connectivity index (χ3v) is 4.94. The van der Waals surface area contributed by atoms with Crippen LogP contribution >= 0.6 is 11.3 Å². The van der Waals surface area contributed by atoms with Crippen LogP contribution in [0.1, 0.15) is 20.1 Å². The molecule has 124 valence electrons. The number of hydrogen-bond donors (Lipinski definition) is 2. The van der Waals surface area contributed by atoms with Crippen molar-refractivity contribution in [1.82, 2.24) is 4.72 Å². The number of thiophene rings is 1. The van der Waals surface area contributed by atoms with Crippen LogP contribution in [0, 0.1) is 12.7 Å². The van der Waals surface area contributed by atoms with E-state index in [9.17, 15) is 17.6 Å². The smallest absolute Gasteiger partial charge is 0.265 e. The number of anilines is 1. The average Bonchev–Trinajstić information content (AvgIpc) is 2.90. The van der Waals surface area contributed by atoms with Crippen LogP contribution in [0.15, 0.2) is 30.3 Å². The summed E-state index contributed by atoms with van der Waals surface area (Å²) in [7, 11) is -3.21. The molecule has 2 aromatic rings. The predicted molar refractivity (Wildman–Crippen MR) is 90.0 cm³/mol. The zero-order chi connectivity index (χ0) is 17.0. The number of carbonyl (C=O) groups excluding carboxylic acids is 1. The van der Waals surface area contributed by atoms with Crippen LogP contribution in [0.25, 0.3) is 0 Å². The van der Waals surface area contributed by atoms with Crippen molar-refractivity contribution in [3.63, 3.8) is 0 Å². The molecule has 0 spiro atoms. The normalized spacial score (nSPS) is 11.4. The molecule has 0 saturated heterocycles. The van der Waals surface area contributed by atoms with Crippen molar-refractivity contribution in [3.8, 4) is 0 Å². The van der Waals surface area contributed by atoms with Gasteiger partial charge >= 0.3 is 0 Å². The van der Waals surface area contributed by atoms with E-state index in [1.165, 1.54) is 23.5 Å². The van der Waals surface area contributed by atoms with Gasteiger partial charge in [0.15, 0.2) is 0 Å². The Morgan fingerprint density at radius 3 is 2.70 bits per heavy atom. The van der Waals surface area contributed by atoms with Gasteiger partial charge in [0.05, 0.1) is 11.1 Å². The molecular weight excluding hydrogens is 339 g/mol. The molecule has 1 heterocycles. The largest absolute Gasteiger partial charge is 0.321 e. The van der Waals surface area contributed by atoms with Crippen molar-refractivity contribution in [2.45, 2.75) is 13.3 Å². The van der Waals surface area contributed by atoms with E-state index in [0.29, 0.717) is 17.0 Å². The van der Waals surface area contributed by atoms with E-state index >= 15 is 0 Å². The molecule has 2 rings (SSSR count).